The standard InChI is InChI=1S/C24H33FN4O2.HI/c1-2-26-24(27-11-10-20-6-8-22(25)9-7-20)28-19-21-4-3-5-23(18-21)31-17-14-29-12-15-30-16-13-29;/h3-9,18H,2,10-17,19H2,1H3,(H2,26,27,28);1H. The molecule has 0 radical (unpaired) electrons. The number of guanidine groups is 1. The van der Waals surface area contributed by atoms with Crippen LogP contribution in [0.2, 0.25) is 0 Å². The van der Waals surface area contributed by atoms with Crippen molar-refractivity contribution in [2.24, 2.45) is 4.99 Å². The lowest BCUT2D eigenvalue weighted by atomic mass is 10.1. The molecular weight excluding hydrogens is 522 g/mol. The molecule has 0 amide bonds. The van der Waals surface area contributed by atoms with Crippen LogP contribution in [0.4, 0.5) is 4.39 Å². The van der Waals surface area contributed by atoms with Gasteiger partial charge in [0, 0.05) is 32.7 Å². The lowest BCUT2D eigenvalue weighted by Crippen LogP contribution is -2.38. The lowest BCUT2D eigenvalue weighted by Gasteiger charge is -2.26. The Balaban J connectivity index is 0.00000363. The van der Waals surface area contributed by atoms with Crippen LogP contribution in [0.5, 0.6) is 5.75 Å². The van der Waals surface area contributed by atoms with Gasteiger partial charge in [0.05, 0.1) is 19.8 Å². The van der Waals surface area contributed by atoms with E-state index in [4.69, 9.17) is 9.47 Å². The van der Waals surface area contributed by atoms with Gasteiger partial charge in [-0.05, 0) is 48.7 Å². The van der Waals surface area contributed by atoms with E-state index in [0.717, 1.165) is 75.2 Å². The molecule has 1 aliphatic rings. The van der Waals surface area contributed by atoms with E-state index in [2.05, 4.69) is 26.6 Å². The van der Waals surface area contributed by atoms with E-state index in [1.54, 1.807) is 0 Å². The van der Waals surface area contributed by atoms with Crippen molar-refractivity contribution in [1.29, 1.82) is 0 Å². The van der Waals surface area contributed by atoms with Gasteiger partial charge in [-0.3, -0.25) is 4.90 Å². The number of ether oxygens (including phenoxy) is 2. The maximum atomic E-state index is 13.0. The number of rotatable bonds is 10. The molecule has 176 valence electrons. The zero-order valence-electron chi connectivity index (χ0n) is 18.7. The molecule has 0 aromatic heterocycles. The fraction of sp³-hybridized carbons (Fsp3) is 0.458. The quantitative estimate of drug-likeness (QED) is 0.267. The fourth-order valence-corrected chi connectivity index (χ4v) is 3.34. The van der Waals surface area contributed by atoms with Crippen LogP contribution in [-0.4, -0.2) is 63.4 Å². The van der Waals surface area contributed by atoms with Crippen molar-refractivity contribution in [2.45, 2.75) is 19.9 Å². The van der Waals surface area contributed by atoms with Gasteiger partial charge in [-0.25, -0.2) is 9.38 Å². The summed E-state index contributed by atoms with van der Waals surface area (Å²) in [6.07, 6.45) is 0.803. The number of benzene rings is 2. The maximum Gasteiger partial charge on any atom is 0.191 e. The minimum absolute atomic E-state index is 0. The molecule has 0 unspecified atom stereocenters. The molecule has 2 aromatic carbocycles. The summed E-state index contributed by atoms with van der Waals surface area (Å²) >= 11 is 0. The van der Waals surface area contributed by atoms with Crippen LogP contribution in [0, 0.1) is 5.82 Å². The summed E-state index contributed by atoms with van der Waals surface area (Å²) in [6, 6.07) is 14.7. The number of aliphatic imine (C=N–C) groups is 1. The number of nitrogens with zero attached hydrogens (tertiary/aromatic N) is 2. The Hall–Kier alpha value is -1.91. The van der Waals surface area contributed by atoms with Gasteiger partial charge in [-0.15, -0.1) is 24.0 Å². The number of halogens is 2. The summed E-state index contributed by atoms with van der Waals surface area (Å²) in [5.41, 5.74) is 2.19. The van der Waals surface area contributed by atoms with Crippen molar-refractivity contribution in [3.05, 3.63) is 65.5 Å². The first-order valence-corrected chi connectivity index (χ1v) is 11.0. The van der Waals surface area contributed by atoms with E-state index in [1.165, 1.54) is 12.1 Å². The van der Waals surface area contributed by atoms with Gasteiger partial charge >= 0.3 is 0 Å². The largest absolute Gasteiger partial charge is 0.492 e. The molecule has 0 saturated carbocycles. The summed E-state index contributed by atoms with van der Waals surface area (Å²) in [5.74, 6) is 1.43. The predicted molar refractivity (Wildman–Crippen MR) is 138 cm³/mol. The molecule has 0 aliphatic carbocycles. The fourth-order valence-electron chi connectivity index (χ4n) is 3.34. The van der Waals surface area contributed by atoms with Crippen molar-refractivity contribution in [1.82, 2.24) is 15.5 Å². The second-order valence-corrected chi connectivity index (χ2v) is 7.45. The Bertz CT molecular complexity index is 814. The Morgan fingerprint density at radius 1 is 1.09 bits per heavy atom. The zero-order chi connectivity index (χ0) is 21.7. The van der Waals surface area contributed by atoms with Crippen LogP contribution >= 0.6 is 24.0 Å². The van der Waals surface area contributed by atoms with Crippen molar-refractivity contribution >= 4 is 29.9 Å². The molecule has 0 spiro atoms. The third-order valence-electron chi connectivity index (χ3n) is 5.06. The minimum atomic E-state index is -0.209. The molecule has 0 atom stereocenters. The van der Waals surface area contributed by atoms with Gasteiger partial charge in [0.1, 0.15) is 18.2 Å². The molecule has 1 aliphatic heterocycles. The van der Waals surface area contributed by atoms with Crippen LogP contribution in [0.1, 0.15) is 18.1 Å². The van der Waals surface area contributed by atoms with E-state index < -0.39 is 0 Å². The van der Waals surface area contributed by atoms with Crippen molar-refractivity contribution < 1.29 is 13.9 Å². The van der Waals surface area contributed by atoms with Gasteiger partial charge in [0.2, 0.25) is 0 Å². The first-order chi connectivity index (χ1) is 15.2. The highest BCUT2D eigenvalue weighted by atomic mass is 127. The SMILES string of the molecule is CCNC(=NCc1cccc(OCCN2CCOCC2)c1)NCCc1ccc(F)cc1.I. The van der Waals surface area contributed by atoms with E-state index in [0.29, 0.717) is 13.2 Å². The smallest absolute Gasteiger partial charge is 0.191 e. The first kappa shape index (κ1) is 26.3. The highest BCUT2D eigenvalue weighted by Crippen LogP contribution is 2.14. The zero-order valence-corrected chi connectivity index (χ0v) is 21.0. The average molecular weight is 556 g/mol. The number of nitrogens with one attached hydrogen (secondary N) is 2. The van der Waals surface area contributed by atoms with Crippen LogP contribution < -0.4 is 15.4 Å². The maximum absolute atomic E-state index is 13.0. The molecule has 1 fully saturated rings. The normalized spacial score (nSPS) is 14.5. The van der Waals surface area contributed by atoms with Crippen molar-refractivity contribution in [3.63, 3.8) is 0 Å². The Kier molecular flexibility index (Phi) is 12.4. The molecule has 1 heterocycles. The third-order valence-corrected chi connectivity index (χ3v) is 5.06. The lowest BCUT2D eigenvalue weighted by molar-refractivity contribution is 0.0322. The van der Waals surface area contributed by atoms with Gasteiger partial charge in [0.15, 0.2) is 5.96 Å². The first-order valence-electron chi connectivity index (χ1n) is 11.0. The second-order valence-electron chi connectivity index (χ2n) is 7.45. The van der Waals surface area contributed by atoms with Crippen LogP contribution in [0.15, 0.2) is 53.5 Å². The Labute approximate surface area is 207 Å². The van der Waals surface area contributed by atoms with Gasteiger partial charge in [0.25, 0.3) is 0 Å². The molecule has 0 bridgehead atoms. The average Bonchev–Trinajstić information content (AvgIpc) is 2.80. The van der Waals surface area contributed by atoms with E-state index >= 15 is 0 Å². The molecule has 8 heteroatoms. The molecule has 2 aromatic rings. The molecule has 6 nitrogen and oxygen atoms in total. The highest BCUT2D eigenvalue weighted by Gasteiger charge is 2.09. The summed E-state index contributed by atoms with van der Waals surface area (Å²) in [7, 11) is 0. The molecular formula is C24H34FIN4O2. The third kappa shape index (κ3) is 9.70. The summed E-state index contributed by atoms with van der Waals surface area (Å²) in [4.78, 5) is 7.04. The molecule has 1 saturated heterocycles. The number of hydrogen-bond acceptors (Lipinski definition) is 4. The molecule has 2 N–H and O–H groups in total. The van der Waals surface area contributed by atoms with Gasteiger partial charge in [-0.1, -0.05) is 24.3 Å². The van der Waals surface area contributed by atoms with Gasteiger partial charge < -0.3 is 20.1 Å². The van der Waals surface area contributed by atoms with E-state index in [-0.39, 0.29) is 29.8 Å². The minimum Gasteiger partial charge on any atom is -0.492 e. The van der Waals surface area contributed by atoms with Crippen LogP contribution in [-0.2, 0) is 17.7 Å². The van der Waals surface area contributed by atoms with Crippen LogP contribution in [0.3, 0.4) is 0 Å². The van der Waals surface area contributed by atoms with Gasteiger partial charge in [-0.2, -0.15) is 0 Å². The van der Waals surface area contributed by atoms with E-state index in [1.807, 2.05) is 37.3 Å². The van der Waals surface area contributed by atoms with Crippen molar-refractivity contribution in [2.75, 3.05) is 52.5 Å². The van der Waals surface area contributed by atoms with Crippen LogP contribution in [0.25, 0.3) is 0 Å². The monoisotopic (exact) mass is 556 g/mol. The molecule has 3 rings (SSSR count). The molecule has 32 heavy (non-hydrogen) atoms. The number of morpholine rings is 1. The predicted octanol–water partition coefficient (Wildman–Crippen LogP) is 3.45. The Morgan fingerprint density at radius 2 is 1.88 bits per heavy atom. The Morgan fingerprint density at radius 3 is 2.62 bits per heavy atom. The van der Waals surface area contributed by atoms with Crippen molar-refractivity contribution in [3.8, 4) is 5.75 Å². The number of hydrogen-bond donors (Lipinski definition) is 2. The highest BCUT2D eigenvalue weighted by molar-refractivity contribution is 14.0. The topological polar surface area (TPSA) is 58.1 Å². The van der Waals surface area contributed by atoms with E-state index in [9.17, 15) is 4.39 Å². The second kappa shape index (κ2) is 15.0. The summed E-state index contributed by atoms with van der Waals surface area (Å²) < 4.78 is 24.3. The summed E-state index contributed by atoms with van der Waals surface area (Å²) in [6.45, 7) is 9.24. The summed E-state index contributed by atoms with van der Waals surface area (Å²) in [5, 5.41) is 6.60.